The van der Waals surface area contributed by atoms with Crippen molar-refractivity contribution in [3.05, 3.63) is 88.5 Å². The van der Waals surface area contributed by atoms with Crippen molar-refractivity contribution in [2.24, 2.45) is 0 Å². The van der Waals surface area contributed by atoms with Gasteiger partial charge in [0.15, 0.2) is 11.5 Å². The fraction of sp³-hybridized carbons (Fsp3) is 0.190. The van der Waals surface area contributed by atoms with Gasteiger partial charge in [-0.1, -0.05) is 48.5 Å². The molecule has 0 aliphatic carbocycles. The first-order valence-corrected chi connectivity index (χ1v) is 10.1. The molecule has 0 spiro atoms. The Hall–Kier alpha value is -3.19. The molecule has 1 N–H and O–H groups in total. The maximum atomic E-state index is 13.1. The van der Waals surface area contributed by atoms with Gasteiger partial charge in [0.1, 0.15) is 0 Å². The zero-order chi connectivity index (χ0) is 19.3. The molecule has 0 aliphatic heterocycles. The van der Waals surface area contributed by atoms with Gasteiger partial charge in [0.05, 0.1) is 12.6 Å². The summed E-state index contributed by atoms with van der Waals surface area (Å²) < 4.78 is 3.64. The highest BCUT2D eigenvalue weighted by Gasteiger charge is 2.24. The van der Waals surface area contributed by atoms with E-state index >= 15 is 0 Å². The van der Waals surface area contributed by atoms with Crippen LogP contribution in [0.2, 0.25) is 0 Å². The van der Waals surface area contributed by atoms with Crippen molar-refractivity contribution in [2.75, 3.05) is 0 Å². The molecule has 0 bridgehead atoms. The van der Waals surface area contributed by atoms with Gasteiger partial charge in [-0.25, -0.2) is 4.68 Å². The van der Waals surface area contributed by atoms with E-state index in [0.29, 0.717) is 18.1 Å². The van der Waals surface area contributed by atoms with E-state index in [0.717, 1.165) is 16.9 Å². The van der Waals surface area contributed by atoms with E-state index in [-0.39, 0.29) is 11.9 Å². The molecule has 3 heterocycles. The molecule has 4 rings (SSSR count). The number of benzene rings is 1. The Balaban J connectivity index is 1.66. The Bertz CT molecular complexity index is 1020. The maximum absolute atomic E-state index is 13.1. The molecule has 3 aromatic heterocycles. The van der Waals surface area contributed by atoms with Gasteiger partial charge in [0, 0.05) is 17.3 Å². The van der Waals surface area contributed by atoms with Crippen LogP contribution < -0.4 is 5.32 Å². The lowest BCUT2D eigenvalue weighted by Gasteiger charge is -2.15. The summed E-state index contributed by atoms with van der Waals surface area (Å²) in [4.78, 5) is 14.2. The molecular weight excluding hydrogens is 370 g/mol. The number of nitrogens with one attached hydrogen (secondary N) is 1. The van der Waals surface area contributed by atoms with Gasteiger partial charge in [0.2, 0.25) is 0 Å². The molecule has 0 aliphatic rings. The number of nitrogens with zero attached hydrogens (tertiary/aromatic N) is 4. The van der Waals surface area contributed by atoms with Crippen LogP contribution >= 0.6 is 11.3 Å². The number of aromatic nitrogens is 4. The summed E-state index contributed by atoms with van der Waals surface area (Å²) in [5.74, 6) is 0.440. The van der Waals surface area contributed by atoms with Gasteiger partial charge in [-0.05, 0) is 35.6 Å². The van der Waals surface area contributed by atoms with Gasteiger partial charge in [-0.2, -0.15) is 0 Å². The van der Waals surface area contributed by atoms with E-state index in [1.807, 2.05) is 76.9 Å². The first-order chi connectivity index (χ1) is 13.8. The molecule has 1 amide bonds. The minimum atomic E-state index is -0.219. The van der Waals surface area contributed by atoms with Crippen molar-refractivity contribution in [1.82, 2.24) is 24.9 Å². The molecule has 1 unspecified atom stereocenters. The summed E-state index contributed by atoms with van der Waals surface area (Å²) >= 11 is 1.64. The standard InChI is InChI=1S/C21H21N5OS/c1-2-17(18-11-8-14-28-18)22-20(27)19-21(25-12-6-7-13-25)26(24-23-19)15-16-9-4-3-5-10-16/h3-14,17H,2,15H2,1H3,(H,22,27). The van der Waals surface area contributed by atoms with Crippen LogP contribution in [-0.4, -0.2) is 25.5 Å². The average Bonchev–Trinajstić information content (AvgIpc) is 3.47. The van der Waals surface area contributed by atoms with Crippen LogP contribution in [-0.2, 0) is 6.54 Å². The Labute approximate surface area is 167 Å². The third-order valence-corrected chi connectivity index (χ3v) is 5.53. The summed E-state index contributed by atoms with van der Waals surface area (Å²) in [6, 6.07) is 17.9. The summed E-state index contributed by atoms with van der Waals surface area (Å²) in [6.07, 6.45) is 4.60. The molecule has 142 valence electrons. The molecule has 0 saturated heterocycles. The summed E-state index contributed by atoms with van der Waals surface area (Å²) in [7, 11) is 0. The fourth-order valence-corrected chi connectivity index (χ4v) is 4.00. The summed E-state index contributed by atoms with van der Waals surface area (Å²) in [5, 5.41) is 13.6. The third kappa shape index (κ3) is 3.75. The zero-order valence-electron chi connectivity index (χ0n) is 15.5. The zero-order valence-corrected chi connectivity index (χ0v) is 16.3. The smallest absolute Gasteiger partial charge is 0.276 e. The van der Waals surface area contributed by atoms with Crippen molar-refractivity contribution in [1.29, 1.82) is 0 Å². The average molecular weight is 392 g/mol. The van der Waals surface area contributed by atoms with Crippen molar-refractivity contribution >= 4 is 17.2 Å². The van der Waals surface area contributed by atoms with Crippen molar-refractivity contribution in [3.63, 3.8) is 0 Å². The number of carbonyl (C=O) groups is 1. The fourth-order valence-electron chi connectivity index (χ4n) is 3.14. The minimum absolute atomic E-state index is 0.0377. The maximum Gasteiger partial charge on any atom is 0.276 e. The molecule has 1 atom stereocenters. The Kier molecular flexibility index (Phi) is 5.34. The van der Waals surface area contributed by atoms with Crippen LogP contribution in [0.5, 0.6) is 0 Å². The summed E-state index contributed by atoms with van der Waals surface area (Å²) in [6.45, 7) is 2.60. The van der Waals surface area contributed by atoms with Gasteiger partial charge in [-0.15, -0.1) is 16.4 Å². The van der Waals surface area contributed by atoms with Crippen LogP contribution in [0, 0.1) is 0 Å². The number of hydrogen-bond donors (Lipinski definition) is 1. The van der Waals surface area contributed by atoms with Crippen LogP contribution in [0.25, 0.3) is 5.82 Å². The molecule has 0 fully saturated rings. The second kappa shape index (κ2) is 8.22. The number of amides is 1. The van der Waals surface area contributed by atoms with E-state index in [9.17, 15) is 4.79 Å². The predicted octanol–water partition coefficient (Wildman–Crippen LogP) is 4.06. The lowest BCUT2D eigenvalue weighted by Crippen LogP contribution is -2.29. The number of hydrogen-bond acceptors (Lipinski definition) is 4. The first kappa shape index (κ1) is 18.2. The van der Waals surface area contributed by atoms with E-state index < -0.39 is 0 Å². The predicted molar refractivity (Wildman–Crippen MR) is 110 cm³/mol. The van der Waals surface area contributed by atoms with E-state index in [1.165, 1.54) is 0 Å². The molecule has 0 radical (unpaired) electrons. The lowest BCUT2D eigenvalue weighted by atomic mass is 10.2. The van der Waals surface area contributed by atoms with Crippen LogP contribution in [0.3, 0.4) is 0 Å². The second-order valence-electron chi connectivity index (χ2n) is 6.44. The molecule has 4 aromatic rings. The van der Waals surface area contributed by atoms with Crippen LogP contribution in [0.1, 0.15) is 40.3 Å². The number of rotatable bonds is 7. The lowest BCUT2D eigenvalue weighted by molar-refractivity contribution is 0.0931. The largest absolute Gasteiger partial charge is 0.343 e. The first-order valence-electron chi connectivity index (χ1n) is 9.21. The highest BCUT2D eigenvalue weighted by molar-refractivity contribution is 7.10. The molecule has 0 saturated carbocycles. The molecular formula is C21H21N5OS. The van der Waals surface area contributed by atoms with Gasteiger partial charge < -0.3 is 9.88 Å². The van der Waals surface area contributed by atoms with Gasteiger partial charge in [-0.3, -0.25) is 4.79 Å². The molecule has 7 heteroatoms. The highest BCUT2D eigenvalue weighted by atomic mass is 32.1. The van der Waals surface area contributed by atoms with Crippen molar-refractivity contribution < 1.29 is 4.79 Å². The van der Waals surface area contributed by atoms with E-state index in [4.69, 9.17) is 0 Å². The van der Waals surface area contributed by atoms with Crippen LogP contribution in [0.15, 0.2) is 72.4 Å². The Morgan fingerprint density at radius 2 is 1.89 bits per heavy atom. The topological polar surface area (TPSA) is 64.7 Å². The molecule has 28 heavy (non-hydrogen) atoms. The molecule has 6 nitrogen and oxygen atoms in total. The highest BCUT2D eigenvalue weighted by Crippen LogP contribution is 2.23. The van der Waals surface area contributed by atoms with Gasteiger partial charge >= 0.3 is 0 Å². The molecule has 1 aromatic carbocycles. The third-order valence-electron chi connectivity index (χ3n) is 4.55. The quantitative estimate of drug-likeness (QED) is 0.517. The Morgan fingerprint density at radius 3 is 2.57 bits per heavy atom. The van der Waals surface area contributed by atoms with E-state index in [1.54, 1.807) is 16.0 Å². The minimum Gasteiger partial charge on any atom is -0.343 e. The monoisotopic (exact) mass is 391 g/mol. The van der Waals surface area contributed by atoms with E-state index in [2.05, 4.69) is 22.6 Å². The van der Waals surface area contributed by atoms with Crippen molar-refractivity contribution in [2.45, 2.75) is 25.9 Å². The second-order valence-corrected chi connectivity index (χ2v) is 7.42. The van der Waals surface area contributed by atoms with Crippen molar-refractivity contribution in [3.8, 4) is 5.82 Å². The van der Waals surface area contributed by atoms with Gasteiger partial charge in [0.25, 0.3) is 5.91 Å². The SMILES string of the molecule is CCC(NC(=O)c1nnn(Cc2ccccc2)c1-n1cccc1)c1cccs1. The number of thiophene rings is 1. The Morgan fingerprint density at radius 1 is 1.11 bits per heavy atom. The number of carbonyl (C=O) groups excluding carboxylic acids is 1. The van der Waals surface area contributed by atoms with Crippen LogP contribution in [0.4, 0.5) is 0 Å². The normalized spacial score (nSPS) is 12.0. The summed E-state index contributed by atoms with van der Waals surface area (Å²) in [5.41, 5.74) is 1.42.